The average molecular weight is 628 g/mol. The van der Waals surface area contributed by atoms with E-state index >= 15 is 0 Å². The molecule has 49 heavy (non-hydrogen) atoms. The van der Waals surface area contributed by atoms with Crippen molar-refractivity contribution in [1.82, 2.24) is 4.57 Å². The zero-order valence-electron chi connectivity index (χ0n) is 27.4. The van der Waals surface area contributed by atoms with Crippen LogP contribution in [0.4, 0.5) is 17.1 Å². The van der Waals surface area contributed by atoms with E-state index in [1.807, 2.05) is 24.3 Å². The fourth-order valence-corrected chi connectivity index (χ4v) is 7.87. The van der Waals surface area contributed by atoms with Crippen molar-refractivity contribution in [3.05, 3.63) is 180 Å². The first-order valence-corrected chi connectivity index (χ1v) is 16.8. The van der Waals surface area contributed by atoms with Crippen molar-refractivity contribution < 1.29 is 0 Å². The molecule has 0 amide bonds. The molecule has 1 aliphatic heterocycles. The monoisotopic (exact) mass is 627 g/mol. The van der Waals surface area contributed by atoms with Gasteiger partial charge in [-0.25, -0.2) is 0 Å². The molecule has 0 fully saturated rings. The Kier molecular flexibility index (Phi) is 6.54. The minimum Gasteiger partial charge on any atom is -0.310 e. The third-order valence-corrected chi connectivity index (χ3v) is 10.2. The first kappa shape index (κ1) is 28.8. The van der Waals surface area contributed by atoms with Crippen molar-refractivity contribution in [2.45, 2.75) is 19.3 Å². The molecular formula is C46H33N3. The molecule has 0 saturated heterocycles. The van der Waals surface area contributed by atoms with Gasteiger partial charge in [0.25, 0.3) is 0 Å². The minimum atomic E-state index is -0.154. The summed E-state index contributed by atoms with van der Waals surface area (Å²) in [7, 11) is 0. The summed E-state index contributed by atoms with van der Waals surface area (Å²) in [6.07, 6.45) is 0. The van der Waals surface area contributed by atoms with Gasteiger partial charge in [-0.15, -0.1) is 0 Å². The molecular weight excluding hydrogens is 595 g/mol. The van der Waals surface area contributed by atoms with E-state index in [9.17, 15) is 5.26 Å². The van der Waals surface area contributed by atoms with Crippen LogP contribution in [0.5, 0.6) is 0 Å². The second kappa shape index (κ2) is 11.1. The Morgan fingerprint density at radius 3 is 1.57 bits per heavy atom. The Morgan fingerprint density at radius 1 is 0.490 bits per heavy atom. The van der Waals surface area contributed by atoms with Gasteiger partial charge in [0.05, 0.1) is 34.0 Å². The fraction of sp³-hybridized carbons (Fsp3) is 0.0652. The van der Waals surface area contributed by atoms with Gasteiger partial charge in [0, 0.05) is 27.6 Å². The van der Waals surface area contributed by atoms with E-state index in [1.165, 1.54) is 44.3 Å². The van der Waals surface area contributed by atoms with Gasteiger partial charge < -0.3 is 9.47 Å². The van der Waals surface area contributed by atoms with Crippen LogP contribution in [-0.2, 0) is 5.41 Å². The SMILES string of the molecule is CC1(C)c2ccccc2N(c2cc(-c3ccccc3-c3ccc(C#N)cc3)cc(-n3c4ccccc4c4ccccc43)c2)c2ccccc21. The summed E-state index contributed by atoms with van der Waals surface area (Å²) < 4.78 is 2.41. The van der Waals surface area contributed by atoms with E-state index in [0.717, 1.165) is 33.6 Å². The predicted octanol–water partition coefficient (Wildman–Crippen LogP) is 12.1. The van der Waals surface area contributed by atoms with E-state index in [2.05, 4.69) is 169 Å². The lowest BCUT2D eigenvalue weighted by atomic mass is 9.73. The molecule has 232 valence electrons. The number of anilines is 3. The molecule has 7 aromatic carbocycles. The van der Waals surface area contributed by atoms with E-state index in [-0.39, 0.29) is 5.41 Å². The summed E-state index contributed by atoms with van der Waals surface area (Å²) in [5.41, 5.74) is 14.5. The van der Waals surface area contributed by atoms with E-state index in [4.69, 9.17) is 0 Å². The minimum absolute atomic E-state index is 0.154. The zero-order chi connectivity index (χ0) is 33.1. The highest BCUT2D eigenvalue weighted by atomic mass is 15.2. The number of hydrogen-bond donors (Lipinski definition) is 0. The summed E-state index contributed by atoms with van der Waals surface area (Å²) in [6.45, 7) is 4.66. The second-order valence-corrected chi connectivity index (χ2v) is 13.3. The molecule has 0 N–H and O–H groups in total. The van der Waals surface area contributed by atoms with Crippen LogP contribution in [0.15, 0.2) is 164 Å². The number of hydrogen-bond acceptors (Lipinski definition) is 2. The number of para-hydroxylation sites is 4. The highest BCUT2D eigenvalue weighted by Gasteiger charge is 2.36. The van der Waals surface area contributed by atoms with Crippen LogP contribution >= 0.6 is 0 Å². The number of nitrogens with zero attached hydrogens (tertiary/aromatic N) is 3. The third kappa shape index (κ3) is 4.49. The average Bonchev–Trinajstić information content (AvgIpc) is 3.49. The molecule has 2 heterocycles. The lowest BCUT2D eigenvalue weighted by molar-refractivity contribution is 0.632. The van der Waals surface area contributed by atoms with Crippen LogP contribution in [-0.4, -0.2) is 4.57 Å². The smallest absolute Gasteiger partial charge is 0.0991 e. The number of benzene rings is 7. The quantitative estimate of drug-likeness (QED) is 0.194. The zero-order valence-corrected chi connectivity index (χ0v) is 27.4. The molecule has 3 heteroatoms. The van der Waals surface area contributed by atoms with Crippen LogP contribution in [0.3, 0.4) is 0 Å². The van der Waals surface area contributed by atoms with Crippen LogP contribution in [0.2, 0.25) is 0 Å². The van der Waals surface area contributed by atoms with Gasteiger partial charge >= 0.3 is 0 Å². The van der Waals surface area contributed by atoms with E-state index < -0.39 is 0 Å². The fourth-order valence-electron chi connectivity index (χ4n) is 7.87. The van der Waals surface area contributed by atoms with Crippen molar-refractivity contribution in [2.75, 3.05) is 4.90 Å². The van der Waals surface area contributed by atoms with Gasteiger partial charge in [-0.2, -0.15) is 5.26 Å². The number of nitriles is 1. The van der Waals surface area contributed by atoms with Gasteiger partial charge in [-0.05, 0) is 88.0 Å². The number of rotatable bonds is 4. The van der Waals surface area contributed by atoms with Gasteiger partial charge in [-0.1, -0.05) is 123 Å². The molecule has 9 rings (SSSR count). The Labute approximate surface area is 286 Å². The highest BCUT2D eigenvalue weighted by Crippen LogP contribution is 2.52. The standard InChI is InChI=1S/C46H33N3/c1-46(2)40-17-7-11-21-44(40)49(45-22-12-8-18-41(45)46)35-28-33(37-14-4-3-13-36(37)32-25-23-31(30-47)24-26-32)27-34(29-35)48-42-19-9-5-15-38(42)39-16-6-10-20-43(39)48/h3-29H,1-2H3. The maximum Gasteiger partial charge on any atom is 0.0991 e. The number of fused-ring (bicyclic) bond motifs is 5. The van der Waals surface area contributed by atoms with Crippen LogP contribution in [0, 0.1) is 11.3 Å². The van der Waals surface area contributed by atoms with Crippen molar-refractivity contribution in [2.24, 2.45) is 0 Å². The first-order chi connectivity index (χ1) is 24.0. The molecule has 0 unspecified atom stereocenters. The first-order valence-electron chi connectivity index (χ1n) is 16.8. The summed E-state index contributed by atoms with van der Waals surface area (Å²) in [4.78, 5) is 2.45. The van der Waals surface area contributed by atoms with Gasteiger partial charge in [0.2, 0.25) is 0 Å². The Balaban J connectivity index is 1.36. The molecule has 3 nitrogen and oxygen atoms in total. The van der Waals surface area contributed by atoms with Crippen molar-refractivity contribution in [3.63, 3.8) is 0 Å². The molecule has 1 aliphatic rings. The Bertz CT molecular complexity index is 2500. The molecule has 1 aromatic heterocycles. The molecule has 0 aliphatic carbocycles. The molecule has 0 atom stereocenters. The maximum absolute atomic E-state index is 9.47. The van der Waals surface area contributed by atoms with Gasteiger partial charge in [0.15, 0.2) is 0 Å². The lowest BCUT2D eigenvalue weighted by Gasteiger charge is -2.42. The van der Waals surface area contributed by atoms with Gasteiger partial charge in [0.1, 0.15) is 0 Å². The summed E-state index contributed by atoms with van der Waals surface area (Å²) in [5, 5.41) is 11.9. The third-order valence-electron chi connectivity index (χ3n) is 10.2. The summed E-state index contributed by atoms with van der Waals surface area (Å²) >= 11 is 0. The molecule has 0 radical (unpaired) electrons. The van der Waals surface area contributed by atoms with Crippen molar-refractivity contribution in [3.8, 4) is 34.0 Å². The number of aromatic nitrogens is 1. The molecule has 0 bridgehead atoms. The second-order valence-electron chi connectivity index (χ2n) is 13.3. The lowest BCUT2D eigenvalue weighted by Crippen LogP contribution is -2.30. The summed E-state index contributed by atoms with van der Waals surface area (Å²) in [6, 6.07) is 60.8. The van der Waals surface area contributed by atoms with E-state index in [1.54, 1.807) is 0 Å². The Hall–Kier alpha value is -6.37. The molecule has 0 spiro atoms. The Morgan fingerprint density at radius 2 is 0.980 bits per heavy atom. The normalized spacial score (nSPS) is 13.2. The largest absolute Gasteiger partial charge is 0.310 e. The van der Waals surface area contributed by atoms with Crippen LogP contribution in [0.25, 0.3) is 49.7 Å². The van der Waals surface area contributed by atoms with Gasteiger partial charge in [-0.3, -0.25) is 0 Å². The maximum atomic E-state index is 9.47. The topological polar surface area (TPSA) is 32.0 Å². The van der Waals surface area contributed by atoms with Crippen LogP contribution < -0.4 is 4.90 Å². The van der Waals surface area contributed by atoms with E-state index in [0.29, 0.717) is 5.56 Å². The summed E-state index contributed by atoms with van der Waals surface area (Å²) in [5.74, 6) is 0. The molecule has 0 saturated carbocycles. The van der Waals surface area contributed by atoms with Crippen molar-refractivity contribution >= 4 is 38.9 Å². The molecule has 8 aromatic rings. The van der Waals surface area contributed by atoms with Crippen molar-refractivity contribution in [1.29, 1.82) is 5.26 Å². The predicted molar refractivity (Wildman–Crippen MR) is 203 cm³/mol. The highest BCUT2D eigenvalue weighted by molar-refractivity contribution is 6.09. The van der Waals surface area contributed by atoms with Crippen LogP contribution in [0.1, 0.15) is 30.5 Å².